The first-order valence-corrected chi connectivity index (χ1v) is 7.42. The Hall–Kier alpha value is -1.20. The number of aromatic nitrogens is 2. The summed E-state index contributed by atoms with van der Waals surface area (Å²) in [4.78, 5) is 21.4. The van der Waals surface area contributed by atoms with Crippen molar-refractivity contribution in [1.82, 2.24) is 9.97 Å². The van der Waals surface area contributed by atoms with Crippen molar-refractivity contribution >= 4 is 23.8 Å². The van der Waals surface area contributed by atoms with Gasteiger partial charge in [-0.1, -0.05) is 0 Å². The standard InChI is InChI=1S/C14H16ClN3O2/c15-13-16-2-1-11(17-13)18(7-19)14-4-8-3-9(5-14)12(20)10(8)6-14/h1-2,7-10,12,20H,3-6H2. The molecule has 4 saturated carbocycles. The molecule has 5 nitrogen and oxygen atoms in total. The Balaban J connectivity index is 1.71. The van der Waals surface area contributed by atoms with E-state index in [4.69, 9.17) is 11.6 Å². The van der Waals surface area contributed by atoms with E-state index in [-0.39, 0.29) is 16.9 Å². The van der Waals surface area contributed by atoms with Gasteiger partial charge in [0.1, 0.15) is 5.82 Å². The highest BCUT2D eigenvalue weighted by Crippen LogP contribution is 2.62. The number of carbonyl (C=O) groups is 1. The van der Waals surface area contributed by atoms with Crippen molar-refractivity contribution < 1.29 is 9.90 Å². The van der Waals surface area contributed by atoms with Crippen LogP contribution in [0.4, 0.5) is 5.82 Å². The van der Waals surface area contributed by atoms with Gasteiger partial charge in [0.15, 0.2) is 0 Å². The lowest BCUT2D eigenvalue weighted by Crippen LogP contribution is -2.53. The monoisotopic (exact) mass is 293 g/mol. The summed E-state index contributed by atoms with van der Waals surface area (Å²) in [6, 6.07) is 1.72. The van der Waals surface area contributed by atoms with Crippen molar-refractivity contribution in [1.29, 1.82) is 0 Å². The Kier molecular flexibility index (Phi) is 2.60. The minimum absolute atomic E-state index is 0.154. The number of aliphatic hydroxyl groups excluding tert-OH is 1. The average molecular weight is 294 g/mol. The van der Waals surface area contributed by atoms with Crippen LogP contribution in [-0.4, -0.2) is 33.1 Å². The smallest absolute Gasteiger partial charge is 0.224 e. The molecule has 4 aliphatic carbocycles. The fourth-order valence-corrected chi connectivity index (χ4v) is 5.03. The third-order valence-electron chi connectivity index (χ3n) is 5.51. The number of halogens is 1. The van der Waals surface area contributed by atoms with Gasteiger partial charge in [-0.2, -0.15) is 0 Å². The van der Waals surface area contributed by atoms with Gasteiger partial charge in [-0.05, 0) is 61.1 Å². The lowest BCUT2D eigenvalue weighted by Gasteiger charge is -2.45. The van der Waals surface area contributed by atoms with Crippen molar-refractivity contribution in [2.75, 3.05) is 4.90 Å². The van der Waals surface area contributed by atoms with Crippen LogP contribution < -0.4 is 4.90 Å². The summed E-state index contributed by atoms with van der Waals surface area (Å²) < 4.78 is 0. The Morgan fingerprint density at radius 2 is 2.20 bits per heavy atom. The van der Waals surface area contributed by atoms with Crippen LogP contribution in [0, 0.1) is 17.8 Å². The van der Waals surface area contributed by atoms with Crippen LogP contribution in [0.2, 0.25) is 5.28 Å². The van der Waals surface area contributed by atoms with Gasteiger partial charge >= 0.3 is 0 Å². The lowest BCUT2D eigenvalue weighted by atomic mass is 9.73. The Bertz CT molecular complexity index is 565. The topological polar surface area (TPSA) is 66.3 Å². The molecule has 1 N–H and O–H groups in total. The zero-order valence-electron chi connectivity index (χ0n) is 10.9. The molecule has 0 aliphatic heterocycles. The van der Waals surface area contributed by atoms with Gasteiger partial charge < -0.3 is 5.11 Å². The maximum atomic E-state index is 11.7. The normalized spacial score (nSPS) is 41.1. The zero-order chi connectivity index (χ0) is 13.9. The Morgan fingerprint density at radius 1 is 1.40 bits per heavy atom. The first kappa shape index (κ1) is 12.5. The molecule has 0 radical (unpaired) electrons. The molecule has 0 spiro atoms. The number of carbonyl (C=O) groups excluding carboxylic acids is 1. The number of aliphatic hydroxyl groups is 1. The van der Waals surface area contributed by atoms with E-state index in [1.54, 1.807) is 17.2 Å². The maximum absolute atomic E-state index is 11.7. The number of hydrogen-bond acceptors (Lipinski definition) is 4. The summed E-state index contributed by atoms with van der Waals surface area (Å²) in [6.07, 6.45) is 6.05. The molecule has 6 heteroatoms. The molecule has 1 amide bonds. The van der Waals surface area contributed by atoms with E-state index in [0.29, 0.717) is 23.6 Å². The molecule has 1 aromatic heterocycles. The quantitative estimate of drug-likeness (QED) is 0.680. The molecular formula is C14H16ClN3O2. The van der Waals surface area contributed by atoms with E-state index in [1.807, 2.05) is 0 Å². The van der Waals surface area contributed by atoms with E-state index in [0.717, 1.165) is 32.1 Å². The summed E-state index contributed by atoms with van der Waals surface area (Å²) in [5.41, 5.74) is -0.184. The first-order valence-electron chi connectivity index (χ1n) is 7.04. The van der Waals surface area contributed by atoms with Crippen LogP contribution in [0.5, 0.6) is 0 Å². The minimum atomic E-state index is -0.184. The number of nitrogens with zero attached hydrogens (tertiary/aromatic N) is 3. The number of hydrogen-bond donors (Lipinski definition) is 1. The SMILES string of the molecule is O=CN(c1ccnc(Cl)n1)C12CC3CC(C1)C(C2)C3O. The third kappa shape index (κ3) is 1.56. The van der Waals surface area contributed by atoms with E-state index in [1.165, 1.54) is 0 Å². The van der Waals surface area contributed by atoms with Crippen LogP contribution >= 0.6 is 11.6 Å². The van der Waals surface area contributed by atoms with Gasteiger partial charge in [-0.15, -0.1) is 0 Å². The molecule has 1 heterocycles. The van der Waals surface area contributed by atoms with Crippen molar-refractivity contribution in [3.05, 3.63) is 17.5 Å². The largest absolute Gasteiger partial charge is 0.393 e. The van der Waals surface area contributed by atoms with Crippen molar-refractivity contribution in [3.63, 3.8) is 0 Å². The van der Waals surface area contributed by atoms with Gasteiger partial charge in [-0.3, -0.25) is 9.69 Å². The molecule has 4 fully saturated rings. The third-order valence-corrected chi connectivity index (χ3v) is 5.69. The van der Waals surface area contributed by atoms with E-state index in [2.05, 4.69) is 9.97 Å². The second-order valence-electron chi connectivity index (χ2n) is 6.41. The second kappa shape index (κ2) is 4.15. The molecule has 5 rings (SSSR count). The van der Waals surface area contributed by atoms with Gasteiger partial charge in [-0.25, -0.2) is 9.97 Å². The van der Waals surface area contributed by atoms with Crippen molar-refractivity contribution in [3.8, 4) is 0 Å². The highest BCUT2D eigenvalue weighted by molar-refractivity contribution is 6.28. The number of amides is 1. The number of rotatable bonds is 3. The summed E-state index contributed by atoms with van der Waals surface area (Å²) in [5.74, 6) is 1.78. The molecule has 5 unspecified atom stereocenters. The van der Waals surface area contributed by atoms with Gasteiger partial charge in [0, 0.05) is 6.20 Å². The summed E-state index contributed by atoms with van der Waals surface area (Å²) in [5, 5.41) is 10.4. The highest BCUT2D eigenvalue weighted by Gasteiger charge is 2.62. The Morgan fingerprint density at radius 3 is 2.85 bits per heavy atom. The summed E-state index contributed by atoms with van der Waals surface area (Å²) in [7, 11) is 0. The molecule has 106 valence electrons. The van der Waals surface area contributed by atoms with Crippen molar-refractivity contribution in [2.45, 2.75) is 37.3 Å². The molecule has 1 aromatic rings. The van der Waals surface area contributed by atoms with Crippen LogP contribution in [-0.2, 0) is 4.79 Å². The van der Waals surface area contributed by atoms with Gasteiger partial charge in [0.05, 0.1) is 11.6 Å². The fraction of sp³-hybridized carbons (Fsp3) is 0.643. The Labute approximate surface area is 122 Å². The summed E-state index contributed by atoms with van der Waals surface area (Å²) in [6.45, 7) is 0. The predicted molar refractivity (Wildman–Crippen MR) is 73.3 cm³/mol. The highest BCUT2D eigenvalue weighted by atomic mass is 35.5. The fourth-order valence-electron chi connectivity index (χ4n) is 4.89. The van der Waals surface area contributed by atoms with E-state index in [9.17, 15) is 9.90 Å². The molecule has 20 heavy (non-hydrogen) atoms. The van der Waals surface area contributed by atoms with Crippen LogP contribution in [0.15, 0.2) is 12.3 Å². The van der Waals surface area contributed by atoms with Crippen LogP contribution in [0.1, 0.15) is 25.7 Å². The molecule has 0 aromatic carbocycles. The predicted octanol–water partition coefficient (Wildman–Crippen LogP) is 1.64. The molecule has 0 saturated heterocycles. The minimum Gasteiger partial charge on any atom is -0.393 e. The van der Waals surface area contributed by atoms with Crippen molar-refractivity contribution in [2.24, 2.45) is 17.8 Å². The van der Waals surface area contributed by atoms with E-state index < -0.39 is 0 Å². The molecule has 4 bridgehead atoms. The van der Waals surface area contributed by atoms with Crippen LogP contribution in [0.3, 0.4) is 0 Å². The lowest BCUT2D eigenvalue weighted by molar-refractivity contribution is -0.109. The molecule has 4 aliphatic rings. The zero-order valence-corrected chi connectivity index (χ0v) is 11.7. The maximum Gasteiger partial charge on any atom is 0.224 e. The average Bonchev–Trinajstić information content (AvgIpc) is 2.80. The first-order chi connectivity index (χ1) is 9.63. The number of anilines is 1. The van der Waals surface area contributed by atoms with Gasteiger partial charge in [0.2, 0.25) is 11.7 Å². The second-order valence-corrected chi connectivity index (χ2v) is 6.74. The molecular weight excluding hydrogens is 278 g/mol. The van der Waals surface area contributed by atoms with Crippen LogP contribution in [0.25, 0.3) is 0 Å². The summed E-state index contributed by atoms with van der Waals surface area (Å²) >= 11 is 5.84. The molecule has 5 atom stereocenters. The van der Waals surface area contributed by atoms with E-state index >= 15 is 0 Å². The van der Waals surface area contributed by atoms with Gasteiger partial charge in [0.25, 0.3) is 0 Å².